The van der Waals surface area contributed by atoms with E-state index in [1.54, 1.807) is 6.92 Å². The maximum Gasteiger partial charge on any atom is 0.490 e. The van der Waals surface area contributed by atoms with Crippen molar-refractivity contribution in [3.05, 3.63) is 46.8 Å². The summed E-state index contributed by atoms with van der Waals surface area (Å²) < 4.78 is 110. The average molecular weight is 618 g/mol. The summed E-state index contributed by atoms with van der Waals surface area (Å²) in [5.74, 6) is -1.53. The van der Waals surface area contributed by atoms with Crippen molar-refractivity contribution in [2.45, 2.75) is 57.2 Å². The molecule has 8 nitrogen and oxygen atoms in total. The Kier molecular flexibility index (Phi) is 11.0. The Labute approximate surface area is 234 Å². The highest BCUT2D eigenvalue weighted by Crippen LogP contribution is 2.36. The summed E-state index contributed by atoms with van der Waals surface area (Å²) in [6, 6.07) is 2.90. The first-order valence-electron chi connectivity index (χ1n) is 12.3. The number of aliphatic carboxylic acids is 1. The van der Waals surface area contributed by atoms with Gasteiger partial charge in [-0.3, -0.25) is 4.79 Å². The van der Waals surface area contributed by atoms with Gasteiger partial charge in [0.05, 0.1) is 11.1 Å². The van der Waals surface area contributed by atoms with Gasteiger partial charge in [-0.05, 0) is 56.7 Å². The fraction of sp³-hybridized carbons (Fsp3) is 0.520. The van der Waals surface area contributed by atoms with Crippen LogP contribution in [0.15, 0.2) is 24.3 Å². The first kappa shape index (κ1) is 34.4. The first-order valence-corrected chi connectivity index (χ1v) is 12.3. The normalized spacial score (nSPS) is 17.5. The molecule has 1 saturated carbocycles. The topological polar surface area (TPSA) is 107 Å². The van der Waals surface area contributed by atoms with Gasteiger partial charge in [0.15, 0.2) is 0 Å². The molecule has 17 heteroatoms. The second-order valence-electron chi connectivity index (χ2n) is 9.72. The Balaban J connectivity index is 0.000000782. The number of aryl methyl sites for hydroxylation is 1. The number of carbonyl (C=O) groups excluding carboxylic acids is 1. The highest BCUT2D eigenvalue weighted by Gasteiger charge is 2.39. The molecule has 0 unspecified atom stereocenters. The predicted octanol–water partition coefficient (Wildman–Crippen LogP) is 5.92. The molecule has 1 aromatic heterocycles. The van der Waals surface area contributed by atoms with E-state index in [4.69, 9.17) is 9.90 Å². The van der Waals surface area contributed by atoms with Crippen LogP contribution >= 0.6 is 0 Å². The minimum Gasteiger partial charge on any atom is -0.475 e. The van der Waals surface area contributed by atoms with Gasteiger partial charge in [-0.15, -0.1) is 0 Å². The van der Waals surface area contributed by atoms with Crippen molar-refractivity contribution in [1.29, 1.82) is 0 Å². The second-order valence-corrected chi connectivity index (χ2v) is 9.72. The van der Waals surface area contributed by atoms with E-state index in [-0.39, 0.29) is 24.6 Å². The number of rotatable bonds is 6. The molecule has 1 amide bonds. The number of alkyl halides is 9. The molecule has 1 heterocycles. The van der Waals surface area contributed by atoms with Crippen LogP contribution in [0, 0.1) is 12.8 Å². The van der Waals surface area contributed by atoms with Crippen molar-refractivity contribution < 1.29 is 54.2 Å². The lowest BCUT2D eigenvalue weighted by atomic mass is 9.86. The summed E-state index contributed by atoms with van der Waals surface area (Å²) in [7, 11) is 3.77. The van der Waals surface area contributed by atoms with Crippen molar-refractivity contribution in [1.82, 2.24) is 15.3 Å². The number of hydrogen-bond donors (Lipinski definition) is 3. The van der Waals surface area contributed by atoms with Crippen LogP contribution in [0.25, 0.3) is 0 Å². The third-order valence-corrected chi connectivity index (χ3v) is 6.13. The number of aromatic nitrogens is 2. The van der Waals surface area contributed by atoms with Crippen LogP contribution in [0.5, 0.6) is 0 Å². The zero-order chi connectivity index (χ0) is 32.0. The summed E-state index contributed by atoms with van der Waals surface area (Å²) in [5.41, 5.74) is -3.69. The highest BCUT2D eigenvalue weighted by molar-refractivity contribution is 5.94. The molecular weight excluding hydrogens is 589 g/mol. The van der Waals surface area contributed by atoms with Gasteiger partial charge in [0.2, 0.25) is 0 Å². The van der Waals surface area contributed by atoms with E-state index < -0.39 is 47.1 Å². The monoisotopic (exact) mass is 617 g/mol. The average Bonchev–Trinajstić information content (AvgIpc) is 2.86. The molecule has 42 heavy (non-hydrogen) atoms. The van der Waals surface area contributed by atoms with E-state index in [9.17, 15) is 44.3 Å². The molecular formula is C25H28F9N5O3. The third kappa shape index (κ3) is 10.6. The number of hydrogen-bond acceptors (Lipinski definition) is 6. The zero-order valence-corrected chi connectivity index (χ0v) is 22.5. The number of nitrogens with one attached hydrogen (secondary N) is 2. The lowest BCUT2D eigenvalue weighted by Gasteiger charge is -2.29. The van der Waals surface area contributed by atoms with E-state index in [0.717, 1.165) is 31.5 Å². The number of amides is 1. The molecule has 1 aliphatic carbocycles. The fourth-order valence-electron chi connectivity index (χ4n) is 4.00. The molecule has 2 aromatic rings. The van der Waals surface area contributed by atoms with Crippen LogP contribution in [0.2, 0.25) is 0 Å². The summed E-state index contributed by atoms with van der Waals surface area (Å²) in [4.78, 5) is 31.9. The van der Waals surface area contributed by atoms with E-state index >= 15 is 0 Å². The summed E-state index contributed by atoms with van der Waals surface area (Å²) in [6.07, 6.45) is -12.1. The lowest BCUT2D eigenvalue weighted by molar-refractivity contribution is -0.192. The van der Waals surface area contributed by atoms with E-state index in [2.05, 4.69) is 20.6 Å². The van der Waals surface area contributed by atoms with E-state index in [0.29, 0.717) is 23.8 Å². The maximum atomic E-state index is 13.0. The van der Waals surface area contributed by atoms with Crippen LogP contribution in [0.4, 0.5) is 51.1 Å². The Morgan fingerprint density at radius 1 is 0.881 bits per heavy atom. The molecule has 0 aliphatic heterocycles. The summed E-state index contributed by atoms with van der Waals surface area (Å²) in [6.45, 7) is 1.97. The first-order chi connectivity index (χ1) is 19.2. The molecule has 3 rings (SSSR count). The number of carbonyl (C=O) groups is 2. The van der Waals surface area contributed by atoms with Crippen LogP contribution < -0.4 is 15.5 Å². The van der Waals surface area contributed by atoms with Crippen LogP contribution in [-0.2, 0) is 17.1 Å². The van der Waals surface area contributed by atoms with Gasteiger partial charge in [0, 0.05) is 38.3 Å². The smallest absolute Gasteiger partial charge is 0.475 e. The SMILES string of the molecule is Cc1nc(NC2CCC(CNC(=O)c3cc(C(F)(F)F)cc(C(F)(F)F)c3)CC2)cc(N(C)C)n1.O=C(O)C(F)(F)F. The molecule has 0 bridgehead atoms. The Morgan fingerprint density at radius 3 is 1.81 bits per heavy atom. The van der Waals surface area contributed by atoms with Crippen molar-refractivity contribution in [3.63, 3.8) is 0 Å². The largest absolute Gasteiger partial charge is 0.490 e. The Bertz CT molecular complexity index is 1210. The molecule has 0 spiro atoms. The van der Waals surface area contributed by atoms with Crippen LogP contribution in [0.3, 0.4) is 0 Å². The van der Waals surface area contributed by atoms with Crippen LogP contribution in [0.1, 0.15) is 53.0 Å². The van der Waals surface area contributed by atoms with Crippen molar-refractivity contribution in [2.75, 3.05) is 30.9 Å². The van der Waals surface area contributed by atoms with Gasteiger partial charge in [0.25, 0.3) is 5.91 Å². The van der Waals surface area contributed by atoms with Crippen molar-refractivity contribution >= 4 is 23.5 Å². The Hall–Kier alpha value is -3.79. The lowest BCUT2D eigenvalue weighted by Crippen LogP contribution is -2.34. The zero-order valence-electron chi connectivity index (χ0n) is 22.5. The number of benzene rings is 1. The number of nitrogens with zero attached hydrogens (tertiary/aromatic N) is 3. The van der Waals surface area contributed by atoms with Crippen LogP contribution in [-0.4, -0.2) is 59.8 Å². The standard InChI is InChI=1S/C23H27F6N5O.C2HF3O2/c1-13-31-19(11-20(32-13)34(2)3)33-18-6-4-14(5-7-18)12-30-21(35)15-8-16(22(24,25)26)10-17(9-15)23(27,28)29;3-2(4,5)1(6)7/h8-11,14,18H,4-7,12H2,1-3H3,(H,30,35)(H,31,32,33);(H,6,7). The van der Waals surface area contributed by atoms with E-state index in [1.807, 2.05) is 25.1 Å². The molecule has 1 aliphatic rings. The van der Waals surface area contributed by atoms with Gasteiger partial charge in [-0.1, -0.05) is 0 Å². The van der Waals surface area contributed by atoms with E-state index in [1.165, 1.54) is 0 Å². The fourth-order valence-corrected chi connectivity index (χ4v) is 4.00. The van der Waals surface area contributed by atoms with Gasteiger partial charge >= 0.3 is 24.5 Å². The summed E-state index contributed by atoms with van der Waals surface area (Å²) in [5, 5.41) is 13.0. The minimum atomic E-state index is -5.08. The molecule has 3 N–H and O–H groups in total. The van der Waals surface area contributed by atoms with Crippen molar-refractivity contribution in [3.8, 4) is 0 Å². The number of carboxylic acid groups (broad SMARTS) is 1. The molecule has 234 valence electrons. The van der Waals surface area contributed by atoms with Gasteiger partial charge < -0.3 is 20.6 Å². The molecule has 0 radical (unpaired) electrons. The van der Waals surface area contributed by atoms with Gasteiger partial charge in [-0.25, -0.2) is 14.8 Å². The molecule has 1 fully saturated rings. The van der Waals surface area contributed by atoms with Crippen molar-refractivity contribution in [2.24, 2.45) is 5.92 Å². The maximum absolute atomic E-state index is 13.0. The molecule has 0 saturated heterocycles. The number of anilines is 2. The highest BCUT2D eigenvalue weighted by atomic mass is 19.4. The van der Waals surface area contributed by atoms with Gasteiger partial charge in [0.1, 0.15) is 17.5 Å². The number of carboxylic acids is 1. The number of halogens is 9. The predicted molar refractivity (Wildman–Crippen MR) is 133 cm³/mol. The minimum absolute atomic E-state index is 0.00565. The van der Waals surface area contributed by atoms with Gasteiger partial charge in [-0.2, -0.15) is 39.5 Å². The third-order valence-electron chi connectivity index (χ3n) is 6.13. The second kappa shape index (κ2) is 13.5. The molecule has 0 atom stereocenters. The summed E-state index contributed by atoms with van der Waals surface area (Å²) >= 11 is 0. The quantitative estimate of drug-likeness (QED) is 0.346. The molecule has 1 aromatic carbocycles. The Morgan fingerprint density at radius 2 is 1.38 bits per heavy atom.